The number of carboxylic acids is 1. The van der Waals surface area contributed by atoms with Crippen molar-refractivity contribution in [3.8, 4) is 5.75 Å². The smallest absolute Gasteiger partial charge is 0.336 e. The predicted molar refractivity (Wildman–Crippen MR) is 79.4 cm³/mol. The van der Waals surface area contributed by atoms with Crippen molar-refractivity contribution in [2.75, 3.05) is 0 Å². The molecule has 2 aromatic carbocycles. The van der Waals surface area contributed by atoms with Crippen molar-refractivity contribution in [2.24, 2.45) is 0 Å². The molecule has 0 aliphatic heterocycles. The molecule has 116 valence electrons. The number of halogens is 2. The Bertz CT molecular complexity index is 896. The van der Waals surface area contributed by atoms with Gasteiger partial charge >= 0.3 is 5.97 Å². The van der Waals surface area contributed by atoms with E-state index in [4.69, 9.17) is 9.84 Å². The highest BCUT2D eigenvalue weighted by Crippen LogP contribution is 2.26. The van der Waals surface area contributed by atoms with E-state index >= 15 is 0 Å². The molecule has 0 saturated heterocycles. The summed E-state index contributed by atoms with van der Waals surface area (Å²) in [5, 5.41) is 9.72. The Morgan fingerprint density at radius 2 is 1.91 bits per heavy atom. The Hall–Kier alpha value is -3.02. The monoisotopic (exact) mass is 315 g/mol. The number of fused-ring (bicyclic) bond motifs is 1. The first-order valence-corrected chi connectivity index (χ1v) is 6.74. The van der Waals surface area contributed by atoms with Gasteiger partial charge < -0.3 is 9.84 Å². The third-order valence-corrected chi connectivity index (χ3v) is 3.33. The summed E-state index contributed by atoms with van der Waals surface area (Å²) in [7, 11) is 0. The van der Waals surface area contributed by atoms with Crippen LogP contribution in [0, 0.1) is 11.8 Å². The van der Waals surface area contributed by atoms with Gasteiger partial charge in [0.1, 0.15) is 18.2 Å². The zero-order valence-electron chi connectivity index (χ0n) is 11.8. The van der Waals surface area contributed by atoms with Gasteiger partial charge in [-0.15, -0.1) is 0 Å². The fourth-order valence-electron chi connectivity index (χ4n) is 2.26. The van der Waals surface area contributed by atoms with E-state index < -0.39 is 17.7 Å². The number of carbonyl (C=O) groups is 1. The summed E-state index contributed by atoms with van der Waals surface area (Å²) in [6.07, 6.45) is 0. The largest absolute Gasteiger partial charge is 0.488 e. The number of aromatic nitrogens is 1. The first-order valence-electron chi connectivity index (χ1n) is 6.74. The molecule has 4 nitrogen and oxygen atoms in total. The van der Waals surface area contributed by atoms with Gasteiger partial charge in [-0.05, 0) is 24.3 Å². The quantitative estimate of drug-likeness (QED) is 0.744. The molecule has 0 bridgehead atoms. The molecule has 0 radical (unpaired) electrons. The summed E-state index contributed by atoms with van der Waals surface area (Å²) in [4.78, 5) is 14.9. The van der Waals surface area contributed by atoms with Crippen LogP contribution in [-0.4, -0.2) is 16.1 Å². The molecular formula is C17H11F2NO3. The van der Waals surface area contributed by atoms with E-state index in [1.165, 1.54) is 6.07 Å². The Morgan fingerprint density at radius 3 is 2.70 bits per heavy atom. The van der Waals surface area contributed by atoms with Crippen LogP contribution < -0.4 is 4.74 Å². The lowest BCUT2D eigenvalue weighted by atomic mass is 10.1. The highest BCUT2D eigenvalue weighted by molar-refractivity contribution is 5.89. The lowest BCUT2D eigenvalue weighted by Crippen LogP contribution is -2.06. The predicted octanol–water partition coefficient (Wildman–Crippen LogP) is 3.79. The molecule has 3 rings (SSSR count). The van der Waals surface area contributed by atoms with Crippen molar-refractivity contribution in [3.63, 3.8) is 0 Å². The maximum Gasteiger partial charge on any atom is 0.336 e. The maximum atomic E-state index is 13.5. The van der Waals surface area contributed by atoms with E-state index in [0.717, 1.165) is 18.2 Å². The average Bonchev–Trinajstić information content (AvgIpc) is 2.53. The Labute approximate surface area is 130 Å². The van der Waals surface area contributed by atoms with Gasteiger partial charge in [-0.3, -0.25) is 0 Å². The number of pyridine rings is 1. The number of para-hydroxylation sites is 1. The van der Waals surface area contributed by atoms with Gasteiger partial charge in [-0.2, -0.15) is 4.39 Å². The molecule has 1 heterocycles. The summed E-state index contributed by atoms with van der Waals surface area (Å²) in [5.41, 5.74) is 0.532. The first kappa shape index (κ1) is 14.9. The van der Waals surface area contributed by atoms with Gasteiger partial charge in [0.25, 0.3) is 0 Å². The number of rotatable bonds is 4. The molecule has 0 unspecified atom stereocenters. The molecule has 1 N–H and O–H groups in total. The van der Waals surface area contributed by atoms with Crippen molar-refractivity contribution in [1.29, 1.82) is 0 Å². The van der Waals surface area contributed by atoms with E-state index in [0.29, 0.717) is 16.5 Å². The summed E-state index contributed by atoms with van der Waals surface area (Å²) in [5.74, 6) is -2.36. The van der Waals surface area contributed by atoms with Crippen LogP contribution >= 0.6 is 0 Å². The van der Waals surface area contributed by atoms with Crippen LogP contribution in [0.15, 0.2) is 48.5 Å². The third-order valence-electron chi connectivity index (χ3n) is 3.33. The van der Waals surface area contributed by atoms with Crippen LogP contribution in [0.1, 0.15) is 15.9 Å². The minimum absolute atomic E-state index is 0.130. The van der Waals surface area contributed by atoms with Crippen molar-refractivity contribution in [3.05, 3.63) is 71.4 Å². The summed E-state index contributed by atoms with van der Waals surface area (Å²) in [6, 6.07) is 11.4. The standard InChI is InChI=1S/C17H11F2NO3/c18-11-6-5-10(13(7-11)17(21)22)9-23-15-8-16(19)20-14-4-2-1-3-12(14)15/h1-8H,9H2,(H,21,22). The van der Waals surface area contributed by atoms with Gasteiger partial charge in [0.2, 0.25) is 5.95 Å². The maximum absolute atomic E-state index is 13.5. The zero-order chi connectivity index (χ0) is 16.4. The average molecular weight is 315 g/mol. The van der Waals surface area contributed by atoms with Crippen LogP contribution in [0.2, 0.25) is 0 Å². The second-order valence-corrected chi connectivity index (χ2v) is 4.86. The number of carboxylic acid groups (broad SMARTS) is 1. The van der Waals surface area contributed by atoms with Crippen LogP contribution in [0.5, 0.6) is 5.75 Å². The molecule has 0 saturated carbocycles. The van der Waals surface area contributed by atoms with E-state index in [1.807, 2.05) is 0 Å². The summed E-state index contributed by atoms with van der Waals surface area (Å²) >= 11 is 0. The van der Waals surface area contributed by atoms with Crippen LogP contribution in [0.3, 0.4) is 0 Å². The number of aromatic carboxylic acids is 1. The van der Waals surface area contributed by atoms with Crippen LogP contribution in [0.25, 0.3) is 10.9 Å². The van der Waals surface area contributed by atoms with Crippen molar-refractivity contribution >= 4 is 16.9 Å². The van der Waals surface area contributed by atoms with Gasteiger partial charge in [-0.1, -0.05) is 18.2 Å². The van der Waals surface area contributed by atoms with E-state index in [1.54, 1.807) is 24.3 Å². The molecule has 6 heteroatoms. The van der Waals surface area contributed by atoms with E-state index in [-0.39, 0.29) is 17.9 Å². The Balaban J connectivity index is 1.94. The highest BCUT2D eigenvalue weighted by Gasteiger charge is 2.13. The van der Waals surface area contributed by atoms with Crippen LogP contribution in [-0.2, 0) is 6.61 Å². The molecule has 23 heavy (non-hydrogen) atoms. The molecule has 0 atom stereocenters. The fraction of sp³-hybridized carbons (Fsp3) is 0.0588. The molecular weight excluding hydrogens is 304 g/mol. The van der Waals surface area contributed by atoms with Crippen molar-refractivity contribution < 1.29 is 23.4 Å². The number of ether oxygens (including phenoxy) is 1. The van der Waals surface area contributed by atoms with E-state index in [9.17, 15) is 13.6 Å². The fourth-order valence-corrected chi connectivity index (χ4v) is 2.26. The highest BCUT2D eigenvalue weighted by atomic mass is 19.1. The minimum Gasteiger partial charge on any atom is -0.488 e. The number of benzene rings is 2. The van der Waals surface area contributed by atoms with Gasteiger partial charge in [0.05, 0.1) is 11.1 Å². The molecule has 0 amide bonds. The first-order chi connectivity index (χ1) is 11.0. The van der Waals surface area contributed by atoms with Crippen LogP contribution in [0.4, 0.5) is 8.78 Å². The molecule has 3 aromatic rings. The Morgan fingerprint density at radius 1 is 1.13 bits per heavy atom. The molecule has 1 aromatic heterocycles. The normalized spacial score (nSPS) is 10.7. The van der Waals surface area contributed by atoms with Gasteiger partial charge in [-0.25, -0.2) is 14.2 Å². The SMILES string of the molecule is O=C(O)c1cc(F)ccc1COc1cc(F)nc2ccccc12. The molecule has 0 fully saturated rings. The van der Waals surface area contributed by atoms with E-state index in [2.05, 4.69) is 4.98 Å². The van der Waals surface area contributed by atoms with Crippen molar-refractivity contribution in [2.45, 2.75) is 6.61 Å². The molecule has 0 aliphatic rings. The number of hydrogen-bond donors (Lipinski definition) is 1. The third kappa shape index (κ3) is 3.11. The number of nitrogens with zero attached hydrogens (tertiary/aromatic N) is 1. The van der Waals surface area contributed by atoms with Gasteiger partial charge in [0, 0.05) is 17.0 Å². The molecule has 0 spiro atoms. The molecule has 0 aliphatic carbocycles. The minimum atomic E-state index is -1.26. The lowest BCUT2D eigenvalue weighted by molar-refractivity contribution is 0.0693. The second kappa shape index (κ2) is 6.00. The zero-order valence-corrected chi connectivity index (χ0v) is 11.8. The lowest BCUT2D eigenvalue weighted by Gasteiger charge is -2.11. The van der Waals surface area contributed by atoms with Crippen molar-refractivity contribution in [1.82, 2.24) is 4.98 Å². The topological polar surface area (TPSA) is 59.4 Å². The Kier molecular flexibility index (Phi) is 3.89. The second-order valence-electron chi connectivity index (χ2n) is 4.86. The summed E-state index contributed by atoms with van der Waals surface area (Å²) < 4.78 is 32.3. The summed E-state index contributed by atoms with van der Waals surface area (Å²) in [6.45, 7) is -0.130. The number of hydrogen-bond acceptors (Lipinski definition) is 3. The van der Waals surface area contributed by atoms with Gasteiger partial charge in [0.15, 0.2) is 0 Å².